The fraction of sp³-hybridized carbons (Fsp3) is 0.0500. The maximum Gasteiger partial charge on any atom is 0.270 e. The molecule has 0 spiro atoms. The number of thiazole rings is 1. The van der Waals surface area contributed by atoms with E-state index in [1.54, 1.807) is 12.4 Å². The van der Waals surface area contributed by atoms with Crippen LogP contribution in [0.1, 0.15) is 5.69 Å². The third-order valence-electron chi connectivity index (χ3n) is 4.19. The topological polar surface area (TPSA) is 77.6 Å². The number of aromatic nitrogens is 5. The van der Waals surface area contributed by atoms with Gasteiger partial charge >= 0.3 is 0 Å². The molecular weight excluding hydrogens is 358 g/mol. The Bertz CT molecular complexity index is 1250. The van der Waals surface area contributed by atoms with Crippen molar-refractivity contribution in [3.05, 3.63) is 66.7 Å². The summed E-state index contributed by atoms with van der Waals surface area (Å²) in [5.74, 6) is 0.913. The zero-order chi connectivity index (χ0) is 18.2. The van der Waals surface area contributed by atoms with E-state index in [1.165, 1.54) is 11.3 Å². The van der Waals surface area contributed by atoms with Crippen molar-refractivity contribution in [3.63, 3.8) is 0 Å². The number of hydrogen-bond acceptors (Lipinski definition) is 7. The number of pyridine rings is 2. The van der Waals surface area contributed by atoms with Gasteiger partial charge < -0.3 is 4.52 Å². The van der Waals surface area contributed by atoms with Crippen LogP contribution in [-0.2, 0) is 0 Å². The second-order valence-corrected chi connectivity index (χ2v) is 7.01. The van der Waals surface area contributed by atoms with E-state index < -0.39 is 0 Å². The average molecular weight is 371 g/mol. The van der Waals surface area contributed by atoms with E-state index in [4.69, 9.17) is 4.52 Å². The molecule has 4 aromatic heterocycles. The lowest BCUT2D eigenvalue weighted by Gasteiger charge is -1.98. The summed E-state index contributed by atoms with van der Waals surface area (Å²) in [7, 11) is 0. The summed E-state index contributed by atoms with van der Waals surface area (Å²) in [4.78, 5) is 18.6. The van der Waals surface area contributed by atoms with E-state index in [0.717, 1.165) is 31.9 Å². The lowest BCUT2D eigenvalue weighted by atomic mass is 10.1. The number of nitrogens with zero attached hydrogens (tertiary/aromatic N) is 5. The molecule has 0 aliphatic carbocycles. The molecule has 0 bridgehead atoms. The molecule has 6 nitrogen and oxygen atoms in total. The van der Waals surface area contributed by atoms with Crippen molar-refractivity contribution in [2.45, 2.75) is 6.92 Å². The zero-order valence-electron chi connectivity index (χ0n) is 14.3. The van der Waals surface area contributed by atoms with Crippen LogP contribution in [0.25, 0.3) is 43.6 Å². The van der Waals surface area contributed by atoms with Crippen molar-refractivity contribution >= 4 is 22.1 Å². The highest BCUT2D eigenvalue weighted by atomic mass is 32.1. The van der Waals surface area contributed by atoms with Crippen LogP contribution in [0.5, 0.6) is 0 Å². The standard InChI is InChI=1S/C20H13N5OS/c1-12-17(27-20(23-12)15-7-4-8-21-10-15)19-24-18(25-26-19)16-9-13-5-2-3-6-14(13)11-22-16/h2-11H,1H3. The van der Waals surface area contributed by atoms with Crippen LogP contribution < -0.4 is 0 Å². The van der Waals surface area contributed by atoms with E-state index in [9.17, 15) is 0 Å². The number of rotatable bonds is 3. The highest BCUT2D eigenvalue weighted by Crippen LogP contribution is 2.34. The normalized spacial score (nSPS) is 11.1. The Morgan fingerprint density at radius 3 is 2.70 bits per heavy atom. The minimum absolute atomic E-state index is 0.449. The van der Waals surface area contributed by atoms with E-state index in [2.05, 4.69) is 25.1 Å². The third-order valence-corrected chi connectivity index (χ3v) is 5.38. The minimum atomic E-state index is 0.449. The maximum absolute atomic E-state index is 5.50. The summed E-state index contributed by atoms with van der Waals surface area (Å²) < 4.78 is 5.50. The van der Waals surface area contributed by atoms with Crippen LogP contribution in [0.2, 0.25) is 0 Å². The molecule has 7 heteroatoms. The minimum Gasteiger partial charge on any atom is -0.333 e. The molecule has 27 heavy (non-hydrogen) atoms. The summed E-state index contributed by atoms with van der Waals surface area (Å²) in [6.07, 6.45) is 5.35. The molecule has 0 atom stereocenters. The van der Waals surface area contributed by atoms with Crippen LogP contribution in [0.15, 0.2) is 65.6 Å². The van der Waals surface area contributed by atoms with E-state index in [0.29, 0.717) is 17.4 Å². The second kappa shape index (κ2) is 6.37. The van der Waals surface area contributed by atoms with Crippen molar-refractivity contribution in [3.8, 4) is 32.9 Å². The molecule has 0 fully saturated rings. The Balaban J connectivity index is 1.53. The van der Waals surface area contributed by atoms with Crippen molar-refractivity contribution in [2.75, 3.05) is 0 Å². The number of fused-ring (bicyclic) bond motifs is 1. The number of aryl methyl sites for hydroxylation is 1. The molecule has 0 aliphatic heterocycles. The lowest BCUT2D eigenvalue weighted by molar-refractivity contribution is 0.432. The molecule has 1 aromatic carbocycles. The first-order chi connectivity index (χ1) is 13.3. The van der Waals surface area contributed by atoms with Crippen LogP contribution in [0.4, 0.5) is 0 Å². The van der Waals surface area contributed by atoms with E-state index >= 15 is 0 Å². The Hall–Kier alpha value is -3.45. The summed E-state index contributed by atoms with van der Waals surface area (Å²) >= 11 is 1.51. The average Bonchev–Trinajstić information content (AvgIpc) is 3.35. The van der Waals surface area contributed by atoms with E-state index in [1.807, 2.05) is 55.6 Å². The van der Waals surface area contributed by atoms with Crippen molar-refractivity contribution in [2.24, 2.45) is 0 Å². The van der Waals surface area contributed by atoms with Gasteiger partial charge in [-0.15, -0.1) is 11.3 Å². The molecule has 5 rings (SSSR count). The smallest absolute Gasteiger partial charge is 0.270 e. The van der Waals surface area contributed by atoms with Gasteiger partial charge in [0.2, 0.25) is 5.82 Å². The van der Waals surface area contributed by atoms with Gasteiger partial charge in [0.15, 0.2) is 0 Å². The fourth-order valence-corrected chi connectivity index (χ4v) is 3.81. The first kappa shape index (κ1) is 15.8. The SMILES string of the molecule is Cc1nc(-c2cccnc2)sc1-c1nc(-c2cc3ccccc3cn2)no1. The molecule has 0 saturated carbocycles. The Morgan fingerprint density at radius 2 is 1.85 bits per heavy atom. The Labute approximate surface area is 158 Å². The summed E-state index contributed by atoms with van der Waals surface area (Å²) in [6, 6.07) is 13.9. The van der Waals surface area contributed by atoms with Gasteiger partial charge in [0, 0.05) is 29.5 Å². The van der Waals surface area contributed by atoms with Gasteiger partial charge in [0.1, 0.15) is 15.6 Å². The van der Waals surface area contributed by atoms with Gasteiger partial charge in [-0.25, -0.2) is 4.98 Å². The van der Waals surface area contributed by atoms with Crippen molar-refractivity contribution in [1.29, 1.82) is 0 Å². The quantitative estimate of drug-likeness (QED) is 0.454. The molecule has 5 aromatic rings. The van der Waals surface area contributed by atoms with Gasteiger partial charge in [-0.3, -0.25) is 9.97 Å². The molecule has 0 saturated heterocycles. The van der Waals surface area contributed by atoms with Crippen molar-refractivity contribution < 1.29 is 4.52 Å². The van der Waals surface area contributed by atoms with Gasteiger partial charge in [0.25, 0.3) is 5.89 Å². The highest BCUT2D eigenvalue weighted by Gasteiger charge is 2.18. The summed E-state index contributed by atoms with van der Waals surface area (Å²) in [5.41, 5.74) is 2.49. The number of benzene rings is 1. The van der Waals surface area contributed by atoms with E-state index in [-0.39, 0.29) is 0 Å². The van der Waals surface area contributed by atoms with Gasteiger partial charge in [-0.05, 0) is 30.5 Å². The molecule has 0 N–H and O–H groups in total. The largest absolute Gasteiger partial charge is 0.333 e. The van der Waals surface area contributed by atoms with Crippen molar-refractivity contribution in [1.82, 2.24) is 25.1 Å². The highest BCUT2D eigenvalue weighted by molar-refractivity contribution is 7.18. The molecule has 0 unspecified atom stereocenters. The van der Waals surface area contributed by atoms with Crippen LogP contribution in [-0.4, -0.2) is 25.1 Å². The molecule has 0 aliphatic rings. The van der Waals surface area contributed by atoms with Gasteiger partial charge in [-0.1, -0.05) is 29.4 Å². The molecule has 4 heterocycles. The Kier molecular flexibility index (Phi) is 3.72. The summed E-state index contributed by atoms with van der Waals surface area (Å²) in [6.45, 7) is 1.93. The molecule has 0 amide bonds. The Morgan fingerprint density at radius 1 is 0.963 bits per heavy atom. The fourth-order valence-electron chi connectivity index (χ4n) is 2.83. The number of hydrogen-bond donors (Lipinski definition) is 0. The predicted molar refractivity (Wildman–Crippen MR) is 104 cm³/mol. The molecule has 0 radical (unpaired) electrons. The lowest BCUT2D eigenvalue weighted by Crippen LogP contribution is -1.86. The van der Waals surface area contributed by atoms with Gasteiger partial charge in [0.05, 0.1) is 5.69 Å². The molecular formula is C20H13N5OS. The van der Waals surface area contributed by atoms with Crippen LogP contribution in [0.3, 0.4) is 0 Å². The first-order valence-electron chi connectivity index (χ1n) is 8.35. The zero-order valence-corrected chi connectivity index (χ0v) is 15.1. The maximum atomic E-state index is 5.50. The van der Waals surface area contributed by atoms with Crippen LogP contribution in [0, 0.1) is 6.92 Å². The predicted octanol–water partition coefficient (Wildman–Crippen LogP) is 4.78. The molecule has 130 valence electrons. The first-order valence-corrected chi connectivity index (χ1v) is 9.17. The van der Waals surface area contributed by atoms with Gasteiger partial charge in [-0.2, -0.15) is 4.98 Å². The second-order valence-electron chi connectivity index (χ2n) is 6.02. The monoisotopic (exact) mass is 371 g/mol. The summed E-state index contributed by atoms with van der Waals surface area (Å²) in [5, 5.41) is 7.14. The third kappa shape index (κ3) is 2.88. The van der Waals surface area contributed by atoms with Crippen LogP contribution >= 0.6 is 11.3 Å².